The summed E-state index contributed by atoms with van der Waals surface area (Å²) in [6, 6.07) is 2.02. The Bertz CT molecular complexity index is 814. The molecule has 3 aliphatic rings. The molecule has 2 aromatic rings. The summed E-state index contributed by atoms with van der Waals surface area (Å²) in [7, 11) is 0. The Balaban J connectivity index is 1.33. The fourth-order valence-corrected chi connectivity index (χ4v) is 3.84. The van der Waals surface area contributed by atoms with Crippen molar-refractivity contribution in [2.45, 2.75) is 69.3 Å². The molecular weight excluding hydrogens is 330 g/mol. The van der Waals surface area contributed by atoms with E-state index in [1.807, 2.05) is 13.0 Å². The molecule has 1 N–H and O–H groups in total. The molecule has 7 heteroatoms. The number of piperidine rings is 1. The molecule has 1 saturated heterocycles. The molecule has 1 aliphatic heterocycles. The van der Waals surface area contributed by atoms with Crippen LogP contribution in [0.3, 0.4) is 0 Å². The van der Waals surface area contributed by atoms with E-state index in [1.165, 1.54) is 12.8 Å². The van der Waals surface area contributed by atoms with Crippen molar-refractivity contribution in [3.05, 3.63) is 29.3 Å². The summed E-state index contributed by atoms with van der Waals surface area (Å²) >= 11 is 0. The van der Waals surface area contributed by atoms with Crippen molar-refractivity contribution in [1.29, 1.82) is 0 Å². The Labute approximate surface area is 152 Å². The third-order valence-corrected chi connectivity index (χ3v) is 5.59. The second kappa shape index (κ2) is 6.01. The van der Waals surface area contributed by atoms with Gasteiger partial charge in [0.05, 0.1) is 12.0 Å². The van der Waals surface area contributed by atoms with Crippen LogP contribution in [0.15, 0.2) is 10.6 Å². The third-order valence-electron chi connectivity index (χ3n) is 5.59. The van der Waals surface area contributed by atoms with E-state index in [1.54, 1.807) is 0 Å². The van der Waals surface area contributed by atoms with Gasteiger partial charge in [-0.25, -0.2) is 9.97 Å². The van der Waals surface area contributed by atoms with Gasteiger partial charge in [0, 0.05) is 36.7 Å². The molecule has 138 valence electrons. The number of rotatable bonds is 5. The minimum Gasteiger partial charge on any atom is -0.388 e. The molecule has 0 radical (unpaired) electrons. The Kier molecular flexibility index (Phi) is 3.74. The van der Waals surface area contributed by atoms with Crippen LogP contribution in [0.5, 0.6) is 0 Å². The Morgan fingerprint density at radius 2 is 1.92 bits per heavy atom. The van der Waals surface area contributed by atoms with Crippen molar-refractivity contribution in [2.24, 2.45) is 0 Å². The smallest absolute Gasteiger partial charge is 0.229 e. The summed E-state index contributed by atoms with van der Waals surface area (Å²) in [5.74, 6) is 4.23. The summed E-state index contributed by atoms with van der Waals surface area (Å²) < 4.78 is 5.39. The Morgan fingerprint density at radius 3 is 2.69 bits per heavy atom. The highest BCUT2D eigenvalue weighted by molar-refractivity contribution is 5.42. The predicted octanol–water partition coefficient (Wildman–Crippen LogP) is 2.50. The van der Waals surface area contributed by atoms with Gasteiger partial charge in [-0.3, -0.25) is 0 Å². The summed E-state index contributed by atoms with van der Waals surface area (Å²) in [6.45, 7) is 3.46. The van der Waals surface area contributed by atoms with Gasteiger partial charge in [-0.1, -0.05) is 5.16 Å². The van der Waals surface area contributed by atoms with E-state index in [9.17, 15) is 5.11 Å². The van der Waals surface area contributed by atoms with Crippen molar-refractivity contribution in [2.75, 3.05) is 18.0 Å². The van der Waals surface area contributed by atoms with E-state index in [-0.39, 0.29) is 0 Å². The molecule has 0 aromatic carbocycles. The van der Waals surface area contributed by atoms with E-state index >= 15 is 0 Å². The van der Waals surface area contributed by atoms with Crippen LogP contribution in [0.25, 0.3) is 0 Å². The summed E-state index contributed by atoms with van der Waals surface area (Å²) in [5.41, 5.74) is 0.140. The molecule has 1 unspecified atom stereocenters. The van der Waals surface area contributed by atoms with Crippen molar-refractivity contribution in [3.63, 3.8) is 0 Å². The lowest BCUT2D eigenvalue weighted by Gasteiger charge is -2.39. The zero-order valence-electron chi connectivity index (χ0n) is 15.2. The monoisotopic (exact) mass is 355 g/mol. The minimum absolute atomic E-state index is 0.406. The molecular formula is C19H25N5O2. The SMILES string of the molecule is Cc1cc(N2CCCC(O)(Cc3nc(C4CC4)no3)C2)nc(C2CC2)n1. The summed E-state index contributed by atoms with van der Waals surface area (Å²) in [5, 5.41) is 15.2. The first kappa shape index (κ1) is 16.2. The molecule has 0 amide bonds. The van der Waals surface area contributed by atoms with Gasteiger partial charge >= 0.3 is 0 Å². The van der Waals surface area contributed by atoms with Crippen LogP contribution in [0.1, 0.15) is 73.6 Å². The molecule has 7 nitrogen and oxygen atoms in total. The van der Waals surface area contributed by atoms with E-state index in [2.05, 4.69) is 20.0 Å². The van der Waals surface area contributed by atoms with E-state index in [0.29, 0.717) is 30.7 Å². The zero-order chi connectivity index (χ0) is 17.7. The first-order valence-electron chi connectivity index (χ1n) is 9.73. The molecule has 2 aliphatic carbocycles. The fraction of sp³-hybridized carbons (Fsp3) is 0.684. The molecule has 2 aromatic heterocycles. The van der Waals surface area contributed by atoms with Crippen molar-refractivity contribution < 1.29 is 9.63 Å². The highest BCUT2D eigenvalue weighted by Crippen LogP contribution is 2.40. The van der Waals surface area contributed by atoms with Gasteiger partial charge in [0.2, 0.25) is 5.89 Å². The summed E-state index contributed by atoms with van der Waals surface area (Å²) in [4.78, 5) is 16.0. The van der Waals surface area contributed by atoms with Gasteiger partial charge in [-0.05, 0) is 45.4 Å². The summed E-state index contributed by atoms with van der Waals surface area (Å²) in [6.07, 6.45) is 6.73. The van der Waals surface area contributed by atoms with Gasteiger partial charge in [0.15, 0.2) is 5.82 Å². The van der Waals surface area contributed by atoms with Gasteiger partial charge in [-0.2, -0.15) is 4.98 Å². The fourth-order valence-electron chi connectivity index (χ4n) is 3.84. The normalized spacial score (nSPS) is 26.3. The number of aryl methyl sites for hydroxylation is 1. The minimum atomic E-state index is -0.857. The standard InChI is InChI=1S/C19H25N5O2/c1-12-9-15(21-17(20-12)13-3-4-13)24-8-2-7-19(25,11-24)10-16-22-18(23-26-16)14-5-6-14/h9,13-14,25H,2-8,10-11H2,1H3. The molecule has 26 heavy (non-hydrogen) atoms. The number of aliphatic hydroxyl groups is 1. The maximum atomic E-state index is 11.2. The first-order chi connectivity index (χ1) is 12.6. The van der Waals surface area contributed by atoms with E-state index in [4.69, 9.17) is 9.51 Å². The van der Waals surface area contributed by atoms with Crippen molar-refractivity contribution in [1.82, 2.24) is 20.1 Å². The lowest BCUT2D eigenvalue weighted by molar-refractivity contribution is 0.0191. The predicted molar refractivity (Wildman–Crippen MR) is 95.1 cm³/mol. The van der Waals surface area contributed by atoms with Crippen LogP contribution in [0.2, 0.25) is 0 Å². The van der Waals surface area contributed by atoms with Crippen LogP contribution in [-0.2, 0) is 6.42 Å². The van der Waals surface area contributed by atoms with Crippen molar-refractivity contribution in [3.8, 4) is 0 Å². The second-order valence-electron chi connectivity index (χ2n) is 8.25. The molecule has 3 fully saturated rings. The molecule has 2 saturated carbocycles. The van der Waals surface area contributed by atoms with E-state index in [0.717, 1.165) is 55.4 Å². The molecule has 5 rings (SSSR count). The van der Waals surface area contributed by atoms with Crippen LogP contribution >= 0.6 is 0 Å². The largest absolute Gasteiger partial charge is 0.388 e. The van der Waals surface area contributed by atoms with Gasteiger partial charge in [0.1, 0.15) is 11.6 Å². The van der Waals surface area contributed by atoms with Gasteiger partial charge in [0.25, 0.3) is 0 Å². The average Bonchev–Trinajstić information content (AvgIpc) is 3.52. The maximum absolute atomic E-state index is 11.2. The van der Waals surface area contributed by atoms with Gasteiger partial charge < -0.3 is 14.5 Å². The van der Waals surface area contributed by atoms with Crippen LogP contribution in [-0.4, -0.2) is 43.9 Å². The zero-order valence-corrected chi connectivity index (χ0v) is 15.2. The second-order valence-corrected chi connectivity index (χ2v) is 8.25. The average molecular weight is 355 g/mol. The van der Waals surface area contributed by atoms with Crippen LogP contribution in [0, 0.1) is 6.92 Å². The quantitative estimate of drug-likeness (QED) is 0.881. The lowest BCUT2D eigenvalue weighted by atomic mass is 9.89. The number of β-amino-alcohol motifs (C(OH)–C–C–N with tert-alkyl or cyclic N) is 1. The lowest BCUT2D eigenvalue weighted by Crippen LogP contribution is -2.50. The Hall–Kier alpha value is -2.02. The topological polar surface area (TPSA) is 88.2 Å². The molecule has 0 spiro atoms. The number of aromatic nitrogens is 4. The Morgan fingerprint density at radius 1 is 1.15 bits per heavy atom. The number of anilines is 1. The highest BCUT2D eigenvalue weighted by Gasteiger charge is 2.37. The third kappa shape index (κ3) is 3.32. The van der Waals surface area contributed by atoms with Crippen LogP contribution in [0.4, 0.5) is 5.82 Å². The van der Waals surface area contributed by atoms with Crippen molar-refractivity contribution >= 4 is 5.82 Å². The first-order valence-corrected chi connectivity index (χ1v) is 9.73. The molecule has 0 bridgehead atoms. The maximum Gasteiger partial charge on any atom is 0.229 e. The van der Waals surface area contributed by atoms with E-state index < -0.39 is 5.60 Å². The number of nitrogens with zero attached hydrogens (tertiary/aromatic N) is 5. The number of hydrogen-bond donors (Lipinski definition) is 1. The van der Waals surface area contributed by atoms with Gasteiger partial charge in [-0.15, -0.1) is 0 Å². The number of hydrogen-bond acceptors (Lipinski definition) is 7. The molecule has 1 atom stereocenters. The highest BCUT2D eigenvalue weighted by atomic mass is 16.5. The van der Waals surface area contributed by atoms with Crippen LogP contribution < -0.4 is 4.90 Å². The molecule has 3 heterocycles.